The van der Waals surface area contributed by atoms with E-state index in [-0.39, 0.29) is 0 Å². The van der Waals surface area contributed by atoms with Gasteiger partial charge >= 0.3 is 11.8 Å². The van der Waals surface area contributed by atoms with Crippen LogP contribution in [-0.4, -0.2) is 22.6 Å². The molecule has 3 aromatic rings. The molecule has 6 nitrogen and oxygen atoms in total. The van der Waals surface area contributed by atoms with Crippen molar-refractivity contribution in [2.24, 2.45) is 5.10 Å². The minimum Gasteiger partial charge on any atom is -0.318 e. The van der Waals surface area contributed by atoms with Gasteiger partial charge in [-0.25, -0.2) is 5.43 Å². The molecule has 0 saturated carbocycles. The number of aryl methyl sites for hydroxylation is 1. The Labute approximate surface area is 167 Å². The number of halogens is 1. The van der Waals surface area contributed by atoms with Crippen molar-refractivity contribution in [1.82, 2.24) is 9.99 Å². The number of amides is 2. The SMILES string of the molecule is Cc1cc(/C=N\NC(=O)C(=O)Nc2ccccc2Cl)c(C)n1-c1ccccc1. The molecule has 0 atom stereocenters. The lowest BCUT2D eigenvalue weighted by Crippen LogP contribution is -2.32. The molecular weight excluding hydrogens is 376 g/mol. The summed E-state index contributed by atoms with van der Waals surface area (Å²) < 4.78 is 2.09. The highest BCUT2D eigenvalue weighted by Crippen LogP contribution is 2.20. The molecule has 2 N–H and O–H groups in total. The Morgan fingerprint density at radius 3 is 2.39 bits per heavy atom. The second-order valence-electron chi connectivity index (χ2n) is 6.13. The smallest absolute Gasteiger partial charge is 0.318 e. The number of para-hydroxylation sites is 2. The topological polar surface area (TPSA) is 75.5 Å². The van der Waals surface area contributed by atoms with Gasteiger partial charge in [-0.15, -0.1) is 0 Å². The quantitative estimate of drug-likeness (QED) is 0.401. The molecule has 28 heavy (non-hydrogen) atoms. The molecule has 142 valence electrons. The maximum atomic E-state index is 12.0. The van der Waals surface area contributed by atoms with Crippen LogP contribution < -0.4 is 10.7 Å². The van der Waals surface area contributed by atoms with Crippen molar-refractivity contribution in [1.29, 1.82) is 0 Å². The molecule has 0 aliphatic rings. The van der Waals surface area contributed by atoms with Crippen molar-refractivity contribution in [3.8, 4) is 5.69 Å². The minimum absolute atomic E-state index is 0.348. The zero-order chi connectivity index (χ0) is 20.1. The fraction of sp³-hybridized carbons (Fsp3) is 0.0952. The van der Waals surface area contributed by atoms with Crippen molar-refractivity contribution in [3.63, 3.8) is 0 Å². The molecule has 0 radical (unpaired) electrons. The van der Waals surface area contributed by atoms with Crippen molar-refractivity contribution in [3.05, 3.63) is 82.6 Å². The Hall–Kier alpha value is -3.38. The molecule has 0 aliphatic carbocycles. The minimum atomic E-state index is -0.881. The number of benzene rings is 2. The number of hydrazone groups is 1. The summed E-state index contributed by atoms with van der Waals surface area (Å²) >= 11 is 5.96. The number of hydrogen-bond acceptors (Lipinski definition) is 3. The third kappa shape index (κ3) is 4.29. The first kappa shape index (κ1) is 19.4. The molecule has 2 aromatic carbocycles. The highest BCUT2D eigenvalue weighted by atomic mass is 35.5. The highest BCUT2D eigenvalue weighted by molar-refractivity contribution is 6.41. The molecule has 7 heteroatoms. The maximum Gasteiger partial charge on any atom is 0.329 e. The first-order chi connectivity index (χ1) is 13.5. The van der Waals surface area contributed by atoms with E-state index >= 15 is 0 Å². The largest absolute Gasteiger partial charge is 0.329 e. The molecular formula is C21H19ClN4O2. The zero-order valence-corrected chi connectivity index (χ0v) is 16.2. The Balaban J connectivity index is 1.67. The summed E-state index contributed by atoms with van der Waals surface area (Å²) in [4.78, 5) is 23.9. The molecule has 1 heterocycles. The Kier molecular flexibility index (Phi) is 5.91. The van der Waals surface area contributed by atoms with Crippen LogP contribution in [-0.2, 0) is 9.59 Å². The van der Waals surface area contributed by atoms with Crippen LogP contribution in [0.2, 0.25) is 5.02 Å². The first-order valence-electron chi connectivity index (χ1n) is 8.60. The molecule has 0 bridgehead atoms. The van der Waals surface area contributed by atoms with Gasteiger partial charge in [-0.2, -0.15) is 5.10 Å². The van der Waals surface area contributed by atoms with Crippen LogP contribution >= 0.6 is 11.6 Å². The number of anilines is 1. The van der Waals surface area contributed by atoms with Crippen molar-refractivity contribution < 1.29 is 9.59 Å². The molecule has 0 spiro atoms. The van der Waals surface area contributed by atoms with E-state index in [2.05, 4.69) is 20.4 Å². The van der Waals surface area contributed by atoms with E-state index in [0.717, 1.165) is 22.6 Å². The number of carbonyl (C=O) groups is 2. The lowest BCUT2D eigenvalue weighted by molar-refractivity contribution is -0.136. The summed E-state index contributed by atoms with van der Waals surface area (Å²) in [6, 6.07) is 18.6. The Morgan fingerprint density at radius 2 is 1.68 bits per heavy atom. The van der Waals surface area contributed by atoms with Gasteiger partial charge in [-0.1, -0.05) is 41.9 Å². The lowest BCUT2D eigenvalue weighted by atomic mass is 10.2. The van der Waals surface area contributed by atoms with E-state index in [1.807, 2.05) is 50.2 Å². The number of carbonyl (C=O) groups excluding carboxylic acids is 2. The number of nitrogens with one attached hydrogen (secondary N) is 2. The van der Waals surface area contributed by atoms with Gasteiger partial charge < -0.3 is 9.88 Å². The van der Waals surface area contributed by atoms with Crippen LogP contribution in [0.4, 0.5) is 5.69 Å². The van der Waals surface area contributed by atoms with Crippen LogP contribution in [0.5, 0.6) is 0 Å². The molecule has 0 fully saturated rings. The van der Waals surface area contributed by atoms with Crippen LogP contribution in [0.15, 0.2) is 65.8 Å². The van der Waals surface area contributed by atoms with E-state index in [1.54, 1.807) is 24.3 Å². The summed E-state index contributed by atoms with van der Waals surface area (Å²) in [5, 5.41) is 6.70. The summed E-state index contributed by atoms with van der Waals surface area (Å²) in [6.07, 6.45) is 1.52. The van der Waals surface area contributed by atoms with Gasteiger partial charge in [0.2, 0.25) is 0 Å². The predicted octanol–water partition coefficient (Wildman–Crippen LogP) is 3.84. The van der Waals surface area contributed by atoms with Crippen LogP contribution in [0.1, 0.15) is 17.0 Å². The van der Waals surface area contributed by atoms with Gasteiger partial charge in [0.25, 0.3) is 0 Å². The first-order valence-corrected chi connectivity index (χ1v) is 8.98. The molecule has 2 amide bonds. The average Bonchev–Trinajstić information content (AvgIpc) is 2.97. The van der Waals surface area contributed by atoms with E-state index in [4.69, 9.17) is 11.6 Å². The zero-order valence-electron chi connectivity index (χ0n) is 15.4. The van der Waals surface area contributed by atoms with E-state index in [1.165, 1.54) is 6.21 Å². The third-order valence-electron chi connectivity index (χ3n) is 4.18. The molecule has 1 aromatic heterocycles. The Bertz CT molecular complexity index is 1040. The van der Waals surface area contributed by atoms with E-state index in [0.29, 0.717) is 10.7 Å². The summed E-state index contributed by atoms with van der Waals surface area (Å²) in [5.74, 6) is -1.73. The second kappa shape index (κ2) is 8.54. The normalized spacial score (nSPS) is 10.8. The summed E-state index contributed by atoms with van der Waals surface area (Å²) in [6.45, 7) is 3.96. The average molecular weight is 395 g/mol. The predicted molar refractivity (Wildman–Crippen MR) is 111 cm³/mol. The Morgan fingerprint density at radius 1 is 1.00 bits per heavy atom. The maximum absolute atomic E-state index is 12.0. The second-order valence-corrected chi connectivity index (χ2v) is 6.54. The third-order valence-corrected chi connectivity index (χ3v) is 4.51. The molecule has 3 rings (SSSR count). The van der Waals surface area contributed by atoms with E-state index < -0.39 is 11.8 Å². The standard InChI is InChI=1S/C21H19ClN4O2/c1-14-12-16(15(2)26(14)17-8-4-3-5-9-17)13-23-25-21(28)20(27)24-19-11-7-6-10-18(19)22/h3-13H,1-2H3,(H,24,27)(H,25,28)/b23-13-. The van der Waals surface area contributed by atoms with Gasteiger partial charge in [0.15, 0.2) is 0 Å². The molecule has 0 unspecified atom stereocenters. The van der Waals surface area contributed by atoms with Crippen molar-refractivity contribution in [2.45, 2.75) is 13.8 Å². The molecule has 0 aliphatic heterocycles. The van der Waals surface area contributed by atoms with Gasteiger partial charge in [0.1, 0.15) is 0 Å². The van der Waals surface area contributed by atoms with Crippen molar-refractivity contribution in [2.75, 3.05) is 5.32 Å². The highest BCUT2D eigenvalue weighted by Gasteiger charge is 2.14. The van der Waals surface area contributed by atoms with Gasteiger partial charge in [0, 0.05) is 22.6 Å². The van der Waals surface area contributed by atoms with Gasteiger partial charge in [-0.05, 0) is 44.2 Å². The number of hydrogen-bond donors (Lipinski definition) is 2. The van der Waals surface area contributed by atoms with E-state index in [9.17, 15) is 9.59 Å². The fourth-order valence-corrected chi connectivity index (χ4v) is 3.03. The summed E-state index contributed by atoms with van der Waals surface area (Å²) in [7, 11) is 0. The number of nitrogens with zero attached hydrogens (tertiary/aromatic N) is 2. The monoisotopic (exact) mass is 394 g/mol. The fourth-order valence-electron chi connectivity index (χ4n) is 2.85. The number of rotatable bonds is 4. The lowest BCUT2D eigenvalue weighted by Gasteiger charge is -2.09. The molecule has 0 saturated heterocycles. The van der Waals surface area contributed by atoms with Crippen molar-refractivity contribution >= 4 is 35.3 Å². The summed E-state index contributed by atoms with van der Waals surface area (Å²) in [5.41, 5.74) is 6.49. The van der Waals surface area contributed by atoms with Crippen LogP contribution in [0.25, 0.3) is 5.69 Å². The van der Waals surface area contributed by atoms with Crippen LogP contribution in [0.3, 0.4) is 0 Å². The van der Waals surface area contributed by atoms with Gasteiger partial charge in [0.05, 0.1) is 16.9 Å². The van der Waals surface area contributed by atoms with Crippen LogP contribution in [0, 0.1) is 13.8 Å². The van der Waals surface area contributed by atoms with Gasteiger partial charge in [-0.3, -0.25) is 9.59 Å². The number of aromatic nitrogens is 1.